The molecule has 560 valence electrons. The topological polar surface area (TPSA) is 565 Å². The Bertz CT molecular complexity index is 2820. The predicted octanol–water partition coefficient (Wildman–Crippen LogP) is -3.46. The fourth-order valence-electron chi connectivity index (χ4n) is 11.3. The Morgan fingerprint density at radius 1 is 0.414 bits per heavy atom. The van der Waals surface area contributed by atoms with Gasteiger partial charge in [-0.3, -0.25) is 71.9 Å². The van der Waals surface area contributed by atoms with E-state index in [2.05, 4.69) is 47.9 Å². The lowest BCUT2D eigenvalue weighted by Gasteiger charge is -2.33. The number of carboxylic acid groups (broad SMARTS) is 3. The Morgan fingerprint density at radius 3 is 1.29 bits per heavy atom. The van der Waals surface area contributed by atoms with Gasteiger partial charge < -0.3 is 101 Å². The zero-order chi connectivity index (χ0) is 75.1. The SMILES string of the molecule is CC(C)C[C@H](NC(=O)[C@@H]1CCCN1C(=O)[C@@H](NC(=O)[C@@H]1CCCN1C(=O)[C@H](CCC(=O)O)NC(=O)[C@H](C)NC(=O)[C@H](C)NC(=O)[C@H](CCCCN)NC(=O)[C@@H](N)CC(C)C)C(C)C)C(=O)N[C@H](C(=O)N[C@@H](CCCCN)C(=O)N[C@@H](CCC(N)=O)C(=O)N[C@@H](CC(=O)O)C(=O)O)C(C)C. The van der Waals surface area contributed by atoms with Gasteiger partial charge >= 0.3 is 17.9 Å². The lowest BCUT2D eigenvalue weighted by Crippen LogP contribution is -2.61. The van der Waals surface area contributed by atoms with Crippen LogP contribution < -0.4 is 76.1 Å². The van der Waals surface area contributed by atoms with Gasteiger partial charge in [0.15, 0.2) is 0 Å². The predicted molar refractivity (Wildman–Crippen MR) is 358 cm³/mol. The number of carbonyl (C=O) groups excluding carboxylic acids is 13. The highest BCUT2D eigenvalue weighted by molar-refractivity contribution is 6.00. The smallest absolute Gasteiger partial charge is 0.326 e. The van der Waals surface area contributed by atoms with E-state index >= 15 is 0 Å². The summed E-state index contributed by atoms with van der Waals surface area (Å²) < 4.78 is 0. The van der Waals surface area contributed by atoms with Crippen molar-refractivity contribution < 1.29 is 92.0 Å². The second-order valence-corrected chi connectivity index (χ2v) is 27.0. The molecule has 2 aliphatic rings. The molecule has 0 aromatic rings. The molecule has 0 radical (unpaired) electrons. The average molecular weight is 1410 g/mol. The Kier molecular flexibility index (Phi) is 37.6. The summed E-state index contributed by atoms with van der Waals surface area (Å²) in [5.41, 5.74) is 22.7. The minimum Gasteiger partial charge on any atom is -0.481 e. The number of hydrogen-bond acceptors (Lipinski definition) is 19. The number of likely N-dealkylation sites (tertiary alicyclic amines) is 2. The molecule has 13 amide bonds. The molecule has 0 saturated carbocycles. The number of primary amides is 1. The maximum Gasteiger partial charge on any atom is 0.326 e. The molecular weight excluding hydrogens is 1300 g/mol. The van der Waals surface area contributed by atoms with Gasteiger partial charge in [-0.25, -0.2) is 4.79 Å². The molecule has 21 N–H and O–H groups in total. The van der Waals surface area contributed by atoms with Gasteiger partial charge in [0.25, 0.3) is 0 Å². The van der Waals surface area contributed by atoms with Gasteiger partial charge in [0.2, 0.25) is 76.8 Å². The third kappa shape index (κ3) is 29.8. The van der Waals surface area contributed by atoms with Crippen molar-refractivity contribution in [2.75, 3.05) is 26.2 Å². The van der Waals surface area contributed by atoms with Gasteiger partial charge in [-0.05, 0) is 141 Å². The van der Waals surface area contributed by atoms with Crippen molar-refractivity contribution in [3.63, 3.8) is 0 Å². The van der Waals surface area contributed by atoms with Crippen LogP contribution in [0.3, 0.4) is 0 Å². The summed E-state index contributed by atoms with van der Waals surface area (Å²) in [6.07, 6.45) is 0.0809. The molecule has 2 saturated heterocycles. The summed E-state index contributed by atoms with van der Waals surface area (Å²) in [4.78, 5) is 216. The molecule has 0 unspecified atom stereocenters. The van der Waals surface area contributed by atoms with Crippen molar-refractivity contribution in [1.82, 2.24) is 63.0 Å². The molecule has 2 heterocycles. The van der Waals surface area contributed by atoms with E-state index in [0.29, 0.717) is 45.1 Å². The molecule has 2 fully saturated rings. The molecule has 35 nitrogen and oxygen atoms in total. The quantitative estimate of drug-likeness (QED) is 0.0264. The fourth-order valence-corrected chi connectivity index (χ4v) is 11.3. The monoisotopic (exact) mass is 1410 g/mol. The van der Waals surface area contributed by atoms with E-state index < -0.39 is 217 Å². The number of nitrogens with one attached hydrogen (secondary N) is 10. The van der Waals surface area contributed by atoms with Gasteiger partial charge in [0, 0.05) is 25.9 Å². The lowest BCUT2D eigenvalue weighted by atomic mass is 9.98. The number of unbranched alkanes of at least 4 members (excludes halogenated alkanes) is 2. The maximum atomic E-state index is 14.7. The average Bonchev–Trinajstić information content (AvgIpc) is 1.73. The highest BCUT2D eigenvalue weighted by Crippen LogP contribution is 2.24. The van der Waals surface area contributed by atoms with E-state index in [0.717, 1.165) is 0 Å². The number of rotatable bonds is 45. The molecule has 2 rings (SSSR count). The van der Waals surface area contributed by atoms with Crippen LogP contribution in [0.2, 0.25) is 0 Å². The summed E-state index contributed by atoms with van der Waals surface area (Å²) in [5.74, 6) is -16.6. The molecule has 13 atom stereocenters. The standard InChI is InChI=1S/C64H110N16O19/c1-32(2)29-38(67)54(88)71-39(17-11-13-25-65)55(89)70-36(9)52(86)69-37(10)53(87)74-42(22-24-48(82)83)62(96)79-27-15-20-46(79)60(94)78-51(35(7)8)63(97)80-28-16-19-45(80)59(93)75-43(30-33(3)4)58(92)77-50(34(5)6)61(95)73-40(18-12-14-26-66)56(90)72-41(21-23-47(68)81)57(91)76-44(64(98)99)31-49(84)85/h32-46,50-51H,11-31,65-67H2,1-10H3,(H2,68,81)(H,69,86)(H,70,89)(H,71,88)(H,72,90)(H,73,95)(H,74,87)(H,75,93)(H,76,91)(H,77,92)(H,78,94)(H,82,83)(H,84,85)(H,98,99)/t36-,37-,38-,39-,40-,41-,42-,43-,44-,45-,46-,50-,51-/m0/s1. The molecule has 0 aromatic heterocycles. The first-order chi connectivity index (χ1) is 46.3. The Hall–Kier alpha value is -8.60. The Morgan fingerprint density at radius 2 is 0.828 bits per heavy atom. The van der Waals surface area contributed by atoms with E-state index in [1.807, 2.05) is 19.2 Å². The third-order valence-electron chi connectivity index (χ3n) is 16.8. The second-order valence-electron chi connectivity index (χ2n) is 27.0. The first kappa shape index (κ1) is 86.5. The van der Waals surface area contributed by atoms with E-state index in [-0.39, 0.29) is 70.0 Å². The minimum absolute atomic E-state index is 0.00598. The molecular formula is C64H110N16O19. The second kappa shape index (κ2) is 43.0. The molecule has 0 spiro atoms. The number of hydrogen-bond donors (Lipinski definition) is 17. The lowest BCUT2D eigenvalue weighted by molar-refractivity contribution is -0.147. The molecule has 99 heavy (non-hydrogen) atoms. The van der Waals surface area contributed by atoms with Gasteiger partial charge in [-0.15, -0.1) is 0 Å². The first-order valence-electron chi connectivity index (χ1n) is 34.1. The van der Waals surface area contributed by atoms with Gasteiger partial charge in [-0.1, -0.05) is 55.4 Å². The fraction of sp³-hybridized carbons (Fsp3) is 0.750. The Balaban J connectivity index is 2.32. The zero-order valence-corrected chi connectivity index (χ0v) is 58.7. The van der Waals surface area contributed by atoms with Crippen LogP contribution in [0.1, 0.15) is 178 Å². The number of carboxylic acids is 3. The van der Waals surface area contributed by atoms with Crippen LogP contribution in [0.15, 0.2) is 0 Å². The van der Waals surface area contributed by atoms with E-state index in [9.17, 15) is 92.0 Å². The van der Waals surface area contributed by atoms with Crippen molar-refractivity contribution in [1.29, 1.82) is 0 Å². The van der Waals surface area contributed by atoms with Crippen LogP contribution in [-0.2, 0) is 76.7 Å². The van der Waals surface area contributed by atoms with Crippen molar-refractivity contribution in [3.8, 4) is 0 Å². The van der Waals surface area contributed by atoms with Gasteiger partial charge in [-0.2, -0.15) is 0 Å². The van der Waals surface area contributed by atoms with Crippen LogP contribution in [-0.4, -0.2) is 225 Å². The summed E-state index contributed by atoms with van der Waals surface area (Å²) in [6, 6.07) is -17.4. The number of nitrogens with zero attached hydrogens (tertiary/aromatic N) is 2. The third-order valence-corrected chi connectivity index (χ3v) is 16.8. The number of amides is 13. The normalized spacial score (nSPS) is 17.8. The molecule has 35 heteroatoms. The summed E-state index contributed by atoms with van der Waals surface area (Å²) in [6.45, 7) is 17.0. The van der Waals surface area contributed by atoms with Crippen molar-refractivity contribution in [2.24, 2.45) is 46.6 Å². The summed E-state index contributed by atoms with van der Waals surface area (Å²) >= 11 is 0. The highest BCUT2D eigenvalue weighted by Gasteiger charge is 2.44. The molecule has 0 aromatic carbocycles. The van der Waals surface area contributed by atoms with Crippen LogP contribution in [0.25, 0.3) is 0 Å². The van der Waals surface area contributed by atoms with Crippen molar-refractivity contribution >= 4 is 94.7 Å². The van der Waals surface area contributed by atoms with Crippen LogP contribution in [0, 0.1) is 23.7 Å². The minimum atomic E-state index is -1.92. The molecule has 2 aliphatic heterocycles. The van der Waals surface area contributed by atoms with Crippen LogP contribution in [0.5, 0.6) is 0 Å². The van der Waals surface area contributed by atoms with E-state index in [1.54, 1.807) is 41.5 Å². The largest absolute Gasteiger partial charge is 0.481 e. The Labute approximate surface area is 577 Å². The van der Waals surface area contributed by atoms with E-state index in [1.165, 1.54) is 23.6 Å². The van der Waals surface area contributed by atoms with Crippen LogP contribution in [0.4, 0.5) is 0 Å². The highest BCUT2D eigenvalue weighted by atomic mass is 16.4. The van der Waals surface area contributed by atoms with Crippen LogP contribution >= 0.6 is 0 Å². The van der Waals surface area contributed by atoms with Gasteiger partial charge in [0.1, 0.15) is 72.5 Å². The van der Waals surface area contributed by atoms with Crippen molar-refractivity contribution in [2.45, 2.75) is 257 Å². The molecule has 0 aliphatic carbocycles. The maximum absolute atomic E-state index is 14.7. The number of nitrogens with two attached hydrogens (primary N) is 4. The summed E-state index contributed by atoms with van der Waals surface area (Å²) in [7, 11) is 0. The summed E-state index contributed by atoms with van der Waals surface area (Å²) in [5, 5.41) is 53.8. The number of carbonyl (C=O) groups is 16. The zero-order valence-electron chi connectivity index (χ0n) is 58.7. The van der Waals surface area contributed by atoms with E-state index in [4.69, 9.17) is 22.9 Å². The molecule has 0 bridgehead atoms. The first-order valence-corrected chi connectivity index (χ1v) is 34.1. The van der Waals surface area contributed by atoms with Crippen molar-refractivity contribution in [3.05, 3.63) is 0 Å². The van der Waals surface area contributed by atoms with Gasteiger partial charge in [0.05, 0.1) is 12.5 Å². The number of aliphatic carboxylic acids is 3.